The van der Waals surface area contributed by atoms with Gasteiger partial charge in [-0.25, -0.2) is 0 Å². The first-order valence-corrected chi connectivity index (χ1v) is 7.26. The van der Waals surface area contributed by atoms with Gasteiger partial charge < -0.3 is 15.6 Å². The summed E-state index contributed by atoms with van der Waals surface area (Å²) in [7, 11) is 1.66. The van der Waals surface area contributed by atoms with Crippen LogP contribution in [0.3, 0.4) is 0 Å². The summed E-state index contributed by atoms with van der Waals surface area (Å²) in [6.07, 6.45) is 0. The maximum Gasteiger partial charge on any atom is 0.118 e. The van der Waals surface area contributed by atoms with Crippen LogP contribution in [0.5, 0.6) is 5.75 Å². The van der Waals surface area contributed by atoms with Crippen molar-refractivity contribution in [3.8, 4) is 5.75 Å². The molecule has 0 spiro atoms. The SMILES string of the molecule is CC.COc1ccccc1.NC(CO)c1ccc(Cl)cc1. The topological polar surface area (TPSA) is 55.5 Å². The normalized spacial score (nSPS) is 10.4. The second-order valence-electron chi connectivity index (χ2n) is 3.86. The molecule has 0 heterocycles. The van der Waals surface area contributed by atoms with E-state index in [0.717, 1.165) is 11.3 Å². The first-order chi connectivity index (χ1) is 10.2. The number of aliphatic hydroxyl groups excluding tert-OH is 1. The summed E-state index contributed by atoms with van der Waals surface area (Å²) >= 11 is 5.66. The number of benzene rings is 2. The first kappa shape index (κ1) is 19.4. The highest BCUT2D eigenvalue weighted by molar-refractivity contribution is 6.30. The lowest BCUT2D eigenvalue weighted by molar-refractivity contribution is 0.268. The summed E-state index contributed by atoms with van der Waals surface area (Å²) in [5.74, 6) is 0.910. The average molecular weight is 310 g/mol. The highest BCUT2D eigenvalue weighted by Crippen LogP contribution is 2.13. The van der Waals surface area contributed by atoms with Gasteiger partial charge in [-0.15, -0.1) is 0 Å². The van der Waals surface area contributed by atoms with Gasteiger partial charge in [0, 0.05) is 5.02 Å². The highest BCUT2D eigenvalue weighted by atomic mass is 35.5. The minimum atomic E-state index is -0.299. The molecule has 2 aromatic carbocycles. The van der Waals surface area contributed by atoms with Crippen molar-refractivity contribution in [2.24, 2.45) is 5.73 Å². The molecule has 4 heteroatoms. The van der Waals surface area contributed by atoms with Crippen molar-refractivity contribution in [2.45, 2.75) is 19.9 Å². The number of halogens is 1. The summed E-state index contributed by atoms with van der Waals surface area (Å²) in [5.41, 5.74) is 6.45. The molecule has 0 saturated heterocycles. The molecule has 1 atom stereocenters. The van der Waals surface area contributed by atoms with Gasteiger partial charge in [0.25, 0.3) is 0 Å². The Morgan fingerprint density at radius 3 is 1.95 bits per heavy atom. The van der Waals surface area contributed by atoms with Crippen LogP contribution >= 0.6 is 11.6 Å². The Bertz CT molecular complexity index is 460. The van der Waals surface area contributed by atoms with Crippen LogP contribution in [0.4, 0.5) is 0 Å². The zero-order valence-corrected chi connectivity index (χ0v) is 13.5. The van der Waals surface area contributed by atoms with Crippen molar-refractivity contribution in [1.82, 2.24) is 0 Å². The number of rotatable bonds is 3. The lowest BCUT2D eigenvalue weighted by Crippen LogP contribution is -2.13. The standard InChI is InChI=1S/C8H10ClNO.C7H8O.C2H6/c9-7-3-1-6(2-4-7)8(10)5-11;1-8-7-5-3-2-4-6-7;1-2/h1-4,8,11H,5,10H2;2-6H,1H3;1-2H3. The van der Waals surface area contributed by atoms with Crippen molar-refractivity contribution in [2.75, 3.05) is 13.7 Å². The third-order valence-electron chi connectivity index (χ3n) is 2.47. The van der Waals surface area contributed by atoms with Crippen molar-refractivity contribution >= 4 is 11.6 Å². The molecule has 0 aliphatic carbocycles. The van der Waals surface area contributed by atoms with E-state index in [-0.39, 0.29) is 12.6 Å². The Kier molecular flexibility index (Phi) is 11.3. The fraction of sp³-hybridized carbons (Fsp3) is 0.294. The zero-order valence-electron chi connectivity index (χ0n) is 12.8. The predicted molar refractivity (Wildman–Crippen MR) is 89.8 cm³/mol. The Morgan fingerprint density at radius 2 is 1.57 bits per heavy atom. The molecule has 0 aliphatic heterocycles. The van der Waals surface area contributed by atoms with Gasteiger partial charge in [0.05, 0.1) is 19.8 Å². The molecule has 1 unspecified atom stereocenters. The zero-order chi connectivity index (χ0) is 16.1. The molecule has 0 fully saturated rings. The molecule has 3 N–H and O–H groups in total. The van der Waals surface area contributed by atoms with E-state index < -0.39 is 0 Å². The number of hydrogen-bond acceptors (Lipinski definition) is 3. The molecule has 0 aliphatic rings. The van der Waals surface area contributed by atoms with Crippen LogP contribution in [0, 0.1) is 0 Å². The van der Waals surface area contributed by atoms with Crippen molar-refractivity contribution in [1.29, 1.82) is 0 Å². The number of methoxy groups -OCH3 is 1. The molecule has 0 saturated carbocycles. The average Bonchev–Trinajstić information content (AvgIpc) is 2.58. The van der Waals surface area contributed by atoms with Crippen molar-refractivity contribution in [3.63, 3.8) is 0 Å². The number of aliphatic hydroxyl groups is 1. The summed E-state index contributed by atoms with van der Waals surface area (Å²) in [5, 5.41) is 9.38. The van der Waals surface area contributed by atoms with Gasteiger partial charge in [0.2, 0.25) is 0 Å². The van der Waals surface area contributed by atoms with E-state index in [1.807, 2.05) is 56.3 Å². The quantitative estimate of drug-likeness (QED) is 0.899. The Balaban J connectivity index is 0.000000354. The van der Waals surface area contributed by atoms with Crippen molar-refractivity contribution in [3.05, 3.63) is 65.2 Å². The number of hydrogen-bond donors (Lipinski definition) is 2. The van der Waals surface area contributed by atoms with Gasteiger partial charge in [0.1, 0.15) is 5.75 Å². The predicted octanol–water partition coefficient (Wildman–Crippen LogP) is 4.05. The Hall–Kier alpha value is -1.55. The minimum Gasteiger partial charge on any atom is -0.497 e. The molecule has 2 rings (SSSR count). The Labute approximate surface area is 132 Å². The van der Waals surface area contributed by atoms with Crippen LogP contribution in [-0.4, -0.2) is 18.8 Å². The second-order valence-corrected chi connectivity index (χ2v) is 4.29. The molecule has 3 nitrogen and oxygen atoms in total. The van der Waals surface area contributed by atoms with Crippen LogP contribution in [0.25, 0.3) is 0 Å². The van der Waals surface area contributed by atoms with Gasteiger partial charge in [-0.05, 0) is 29.8 Å². The lowest BCUT2D eigenvalue weighted by atomic mass is 10.1. The van der Waals surface area contributed by atoms with Crippen LogP contribution in [0.1, 0.15) is 25.5 Å². The Morgan fingerprint density at radius 1 is 1.05 bits per heavy atom. The number of nitrogens with two attached hydrogens (primary N) is 1. The smallest absolute Gasteiger partial charge is 0.118 e. The summed E-state index contributed by atoms with van der Waals surface area (Å²) in [4.78, 5) is 0. The van der Waals surface area contributed by atoms with Gasteiger partial charge in [-0.2, -0.15) is 0 Å². The lowest BCUT2D eigenvalue weighted by Gasteiger charge is -2.07. The van der Waals surface area contributed by atoms with E-state index in [2.05, 4.69) is 0 Å². The monoisotopic (exact) mass is 309 g/mol. The van der Waals surface area contributed by atoms with Gasteiger partial charge in [-0.1, -0.05) is 55.8 Å². The third kappa shape index (κ3) is 8.35. The maximum absolute atomic E-state index is 8.70. The number of ether oxygens (including phenoxy) is 1. The van der Waals surface area contributed by atoms with Crippen molar-refractivity contribution < 1.29 is 9.84 Å². The van der Waals surface area contributed by atoms with E-state index in [4.69, 9.17) is 27.2 Å². The summed E-state index contributed by atoms with van der Waals surface area (Å²) in [6.45, 7) is 3.96. The fourth-order valence-electron chi connectivity index (χ4n) is 1.37. The fourth-order valence-corrected chi connectivity index (χ4v) is 1.50. The third-order valence-corrected chi connectivity index (χ3v) is 2.73. The molecule has 0 aromatic heterocycles. The minimum absolute atomic E-state index is 0.0400. The van der Waals surface area contributed by atoms with E-state index in [9.17, 15) is 0 Å². The van der Waals surface area contributed by atoms with E-state index in [0.29, 0.717) is 5.02 Å². The summed E-state index contributed by atoms with van der Waals surface area (Å²) < 4.78 is 4.91. The second kappa shape index (κ2) is 12.2. The molecule has 0 amide bonds. The molecule has 0 bridgehead atoms. The maximum atomic E-state index is 8.70. The van der Waals surface area contributed by atoms with Gasteiger partial charge in [0.15, 0.2) is 0 Å². The molecular weight excluding hydrogens is 286 g/mol. The van der Waals surface area contributed by atoms with E-state index in [1.54, 1.807) is 19.2 Å². The first-order valence-electron chi connectivity index (χ1n) is 6.88. The highest BCUT2D eigenvalue weighted by Gasteiger charge is 2.02. The molecule has 21 heavy (non-hydrogen) atoms. The number of para-hydroxylation sites is 1. The van der Waals surface area contributed by atoms with Crippen LogP contribution in [0.15, 0.2) is 54.6 Å². The molecular formula is C17H24ClNO2. The molecule has 2 aromatic rings. The van der Waals surface area contributed by atoms with Crippen LogP contribution in [-0.2, 0) is 0 Å². The summed E-state index contributed by atoms with van der Waals surface area (Å²) in [6, 6.07) is 16.5. The largest absolute Gasteiger partial charge is 0.497 e. The van der Waals surface area contributed by atoms with E-state index in [1.165, 1.54) is 0 Å². The molecule has 116 valence electrons. The van der Waals surface area contributed by atoms with E-state index >= 15 is 0 Å². The molecule has 0 radical (unpaired) electrons. The van der Waals surface area contributed by atoms with Gasteiger partial charge in [-0.3, -0.25) is 0 Å². The van der Waals surface area contributed by atoms with Crippen LogP contribution in [0.2, 0.25) is 5.02 Å². The van der Waals surface area contributed by atoms with Crippen LogP contribution < -0.4 is 10.5 Å². The van der Waals surface area contributed by atoms with Gasteiger partial charge >= 0.3 is 0 Å².